The number of hydrogen-bond donors (Lipinski definition) is 1. The number of nitrogens with zero attached hydrogens (tertiary/aromatic N) is 1. The summed E-state index contributed by atoms with van der Waals surface area (Å²) in [4.78, 5) is 39.4. The lowest BCUT2D eigenvalue weighted by Crippen LogP contribution is -2.44. The maximum Gasteiger partial charge on any atom is 0.328 e. The zero-order valence-electron chi connectivity index (χ0n) is 13.1. The van der Waals surface area contributed by atoms with Crippen LogP contribution in [0.15, 0.2) is 24.4 Å². The first kappa shape index (κ1) is 17.6. The Hall–Kier alpha value is -2.44. The summed E-state index contributed by atoms with van der Waals surface area (Å²) in [6.07, 6.45) is 1.14. The first-order valence-electron chi connectivity index (χ1n) is 6.74. The number of carbonyl (C=O) groups excluding carboxylic acids is 3. The van der Waals surface area contributed by atoms with Crippen LogP contribution in [0.1, 0.15) is 37.7 Å². The van der Waals surface area contributed by atoms with Gasteiger partial charge in [0.05, 0.1) is 13.5 Å². The van der Waals surface area contributed by atoms with Crippen LogP contribution in [0.25, 0.3) is 0 Å². The zero-order valence-corrected chi connectivity index (χ0v) is 13.1. The molecule has 1 atom stereocenters. The van der Waals surface area contributed by atoms with Crippen molar-refractivity contribution in [3.8, 4) is 0 Å². The summed E-state index contributed by atoms with van der Waals surface area (Å²) in [5.41, 5.74) is -0.538. The van der Waals surface area contributed by atoms with Crippen LogP contribution < -0.4 is 5.32 Å². The largest absolute Gasteiger partial charge is 0.467 e. The molecular weight excluding hydrogens is 288 g/mol. The third-order valence-corrected chi connectivity index (χ3v) is 2.48. The van der Waals surface area contributed by atoms with Crippen LogP contribution in [0.3, 0.4) is 0 Å². The molecule has 0 aliphatic heterocycles. The number of hydrogen-bond acceptors (Lipinski definition) is 6. The zero-order chi connectivity index (χ0) is 16.8. The Kier molecular flexibility index (Phi) is 6.03. The molecule has 1 aromatic heterocycles. The van der Waals surface area contributed by atoms with Gasteiger partial charge >= 0.3 is 11.9 Å². The molecule has 22 heavy (non-hydrogen) atoms. The van der Waals surface area contributed by atoms with Gasteiger partial charge in [-0.3, -0.25) is 14.6 Å². The van der Waals surface area contributed by atoms with E-state index >= 15 is 0 Å². The fraction of sp³-hybridized carbons (Fsp3) is 0.467. The highest BCUT2D eigenvalue weighted by atomic mass is 16.6. The number of nitrogens with one attached hydrogen (secondary N) is 1. The van der Waals surface area contributed by atoms with E-state index in [1.54, 1.807) is 32.9 Å². The van der Waals surface area contributed by atoms with E-state index < -0.39 is 29.5 Å². The first-order chi connectivity index (χ1) is 10.2. The number of carbonyl (C=O) groups is 3. The maximum atomic E-state index is 12.0. The van der Waals surface area contributed by atoms with E-state index in [1.807, 2.05) is 0 Å². The molecule has 7 nitrogen and oxygen atoms in total. The van der Waals surface area contributed by atoms with Crippen molar-refractivity contribution in [2.75, 3.05) is 7.11 Å². The second-order valence-corrected chi connectivity index (χ2v) is 5.55. The minimum atomic E-state index is -1.13. The van der Waals surface area contributed by atoms with E-state index in [0.29, 0.717) is 0 Å². The van der Waals surface area contributed by atoms with Gasteiger partial charge in [0.2, 0.25) is 0 Å². The highest BCUT2D eigenvalue weighted by Crippen LogP contribution is 2.10. The molecular formula is C15H20N2O5. The molecule has 0 fully saturated rings. The Morgan fingerprint density at radius 3 is 2.45 bits per heavy atom. The van der Waals surface area contributed by atoms with Crippen molar-refractivity contribution >= 4 is 17.8 Å². The Balaban J connectivity index is 2.75. The third-order valence-electron chi connectivity index (χ3n) is 2.48. The van der Waals surface area contributed by atoms with Crippen molar-refractivity contribution in [3.05, 3.63) is 30.1 Å². The van der Waals surface area contributed by atoms with Crippen LogP contribution in [0, 0.1) is 0 Å². The number of pyridine rings is 1. The van der Waals surface area contributed by atoms with Crippen LogP contribution in [0.2, 0.25) is 0 Å². The summed E-state index contributed by atoms with van der Waals surface area (Å²) >= 11 is 0. The van der Waals surface area contributed by atoms with Gasteiger partial charge in [0.1, 0.15) is 17.3 Å². The molecule has 0 radical (unpaired) electrons. The second-order valence-electron chi connectivity index (χ2n) is 5.55. The molecule has 1 aromatic rings. The predicted molar refractivity (Wildman–Crippen MR) is 78.0 cm³/mol. The molecule has 0 saturated carbocycles. The van der Waals surface area contributed by atoms with Crippen LogP contribution in [0.5, 0.6) is 0 Å². The summed E-state index contributed by atoms with van der Waals surface area (Å²) in [6.45, 7) is 5.14. The number of rotatable bonds is 5. The quantitative estimate of drug-likeness (QED) is 0.818. The molecule has 0 aliphatic rings. The maximum absolute atomic E-state index is 12.0. The monoisotopic (exact) mass is 308 g/mol. The Labute approximate surface area is 129 Å². The van der Waals surface area contributed by atoms with Crippen molar-refractivity contribution < 1.29 is 23.9 Å². The summed E-state index contributed by atoms with van der Waals surface area (Å²) in [7, 11) is 1.18. The predicted octanol–water partition coefficient (Wildman–Crippen LogP) is 1.08. The summed E-state index contributed by atoms with van der Waals surface area (Å²) in [5, 5.41) is 2.42. The average molecular weight is 308 g/mol. The van der Waals surface area contributed by atoms with E-state index in [2.05, 4.69) is 15.0 Å². The molecule has 120 valence electrons. The fourth-order valence-electron chi connectivity index (χ4n) is 1.61. The van der Waals surface area contributed by atoms with Crippen LogP contribution in [-0.2, 0) is 19.1 Å². The molecule has 1 N–H and O–H groups in total. The molecule has 1 rings (SSSR count). The Morgan fingerprint density at radius 1 is 1.27 bits per heavy atom. The molecule has 1 amide bonds. The van der Waals surface area contributed by atoms with Gasteiger partial charge in [-0.1, -0.05) is 6.07 Å². The smallest absolute Gasteiger partial charge is 0.328 e. The van der Waals surface area contributed by atoms with Crippen molar-refractivity contribution in [3.63, 3.8) is 0 Å². The molecule has 0 saturated heterocycles. The van der Waals surface area contributed by atoms with Crippen molar-refractivity contribution in [1.29, 1.82) is 0 Å². The molecule has 0 unspecified atom stereocenters. The molecule has 1 heterocycles. The highest BCUT2D eigenvalue weighted by Gasteiger charge is 2.28. The van der Waals surface area contributed by atoms with Crippen molar-refractivity contribution in [1.82, 2.24) is 10.3 Å². The lowest BCUT2D eigenvalue weighted by atomic mass is 10.1. The fourth-order valence-corrected chi connectivity index (χ4v) is 1.61. The molecule has 0 aliphatic carbocycles. The van der Waals surface area contributed by atoms with Gasteiger partial charge in [-0.25, -0.2) is 4.79 Å². The van der Waals surface area contributed by atoms with E-state index in [0.717, 1.165) is 0 Å². The summed E-state index contributed by atoms with van der Waals surface area (Å²) in [6, 6.07) is 3.67. The normalized spacial score (nSPS) is 12.2. The van der Waals surface area contributed by atoms with E-state index in [-0.39, 0.29) is 12.1 Å². The van der Waals surface area contributed by atoms with Crippen LogP contribution in [-0.4, -0.2) is 41.6 Å². The summed E-state index contributed by atoms with van der Waals surface area (Å²) in [5.74, 6) is -1.90. The lowest BCUT2D eigenvalue weighted by molar-refractivity contribution is -0.158. The van der Waals surface area contributed by atoms with E-state index in [9.17, 15) is 14.4 Å². The SMILES string of the molecule is COC(=O)[C@@H](CC(=O)OC(C)(C)C)NC(=O)c1ccccn1. The number of methoxy groups -OCH3 is 1. The van der Waals surface area contributed by atoms with Gasteiger partial charge in [0, 0.05) is 6.20 Å². The Bertz CT molecular complexity index is 537. The van der Waals surface area contributed by atoms with Crippen LogP contribution in [0.4, 0.5) is 0 Å². The highest BCUT2D eigenvalue weighted by molar-refractivity contribution is 5.96. The minimum absolute atomic E-state index is 0.139. The topological polar surface area (TPSA) is 94.6 Å². The van der Waals surface area contributed by atoms with Crippen LogP contribution >= 0.6 is 0 Å². The first-order valence-corrected chi connectivity index (χ1v) is 6.74. The number of ether oxygens (including phenoxy) is 2. The standard InChI is InChI=1S/C15H20N2O5/c1-15(2,3)22-12(18)9-11(14(20)21-4)17-13(19)10-7-5-6-8-16-10/h5-8,11H,9H2,1-4H3,(H,17,19)/t11-/m1/s1. The van der Waals surface area contributed by atoms with Crippen molar-refractivity contribution in [2.45, 2.75) is 38.8 Å². The summed E-state index contributed by atoms with van der Waals surface area (Å²) < 4.78 is 9.73. The van der Waals surface area contributed by atoms with Gasteiger partial charge in [-0.05, 0) is 32.9 Å². The molecule has 0 bridgehead atoms. The van der Waals surface area contributed by atoms with Gasteiger partial charge in [0.15, 0.2) is 0 Å². The minimum Gasteiger partial charge on any atom is -0.467 e. The second kappa shape index (κ2) is 7.53. The number of amides is 1. The van der Waals surface area contributed by atoms with E-state index in [1.165, 1.54) is 19.4 Å². The van der Waals surface area contributed by atoms with Crippen molar-refractivity contribution in [2.24, 2.45) is 0 Å². The lowest BCUT2D eigenvalue weighted by Gasteiger charge is -2.21. The van der Waals surface area contributed by atoms with Gasteiger partial charge in [-0.2, -0.15) is 0 Å². The molecule has 7 heteroatoms. The Morgan fingerprint density at radius 2 is 1.95 bits per heavy atom. The molecule has 0 spiro atoms. The van der Waals surface area contributed by atoms with Gasteiger partial charge in [0.25, 0.3) is 5.91 Å². The third kappa shape index (κ3) is 5.90. The molecule has 0 aromatic carbocycles. The number of esters is 2. The number of aromatic nitrogens is 1. The van der Waals surface area contributed by atoms with E-state index in [4.69, 9.17) is 4.74 Å². The van der Waals surface area contributed by atoms with Gasteiger partial charge < -0.3 is 14.8 Å². The average Bonchev–Trinajstić information content (AvgIpc) is 2.44. The van der Waals surface area contributed by atoms with Gasteiger partial charge in [-0.15, -0.1) is 0 Å².